The maximum atomic E-state index is 13.1. The number of benzene rings is 1. The van der Waals surface area contributed by atoms with Gasteiger partial charge in [0.15, 0.2) is 0 Å². The topological polar surface area (TPSA) is 30.7 Å². The van der Waals surface area contributed by atoms with Crippen LogP contribution >= 0.6 is 27.5 Å². The molecule has 0 aliphatic rings. The standard InChI is InChI=1S/C10H8BrClFN3/c11-4-3-8-6-16(15-14-8)10-5-7(13)1-2-9(10)12/h1-2,5-6H,3-4H2. The maximum absolute atomic E-state index is 13.1. The van der Waals surface area contributed by atoms with Gasteiger partial charge in [0.25, 0.3) is 0 Å². The average molecular weight is 305 g/mol. The predicted octanol–water partition coefficient (Wildman–Crippen LogP) is 3.00. The lowest BCUT2D eigenvalue weighted by Gasteiger charge is -2.02. The van der Waals surface area contributed by atoms with Crippen LogP contribution in [0.2, 0.25) is 5.02 Å². The van der Waals surface area contributed by atoms with Gasteiger partial charge in [0.1, 0.15) is 5.82 Å². The molecule has 0 N–H and O–H groups in total. The number of halogens is 3. The van der Waals surface area contributed by atoms with Gasteiger partial charge in [-0.25, -0.2) is 9.07 Å². The Morgan fingerprint density at radius 1 is 1.44 bits per heavy atom. The van der Waals surface area contributed by atoms with E-state index in [9.17, 15) is 4.39 Å². The van der Waals surface area contributed by atoms with Crippen molar-refractivity contribution in [3.63, 3.8) is 0 Å². The van der Waals surface area contributed by atoms with Gasteiger partial charge in [0, 0.05) is 17.8 Å². The average Bonchev–Trinajstić information content (AvgIpc) is 2.71. The fraction of sp³-hybridized carbons (Fsp3) is 0.200. The third kappa shape index (κ3) is 2.41. The van der Waals surface area contributed by atoms with Gasteiger partial charge in [-0.05, 0) is 12.1 Å². The molecule has 0 saturated heterocycles. The molecule has 0 saturated carbocycles. The molecule has 0 fully saturated rings. The molecule has 0 bridgehead atoms. The smallest absolute Gasteiger partial charge is 0.125 e. The first-order valence-electron chi connectivity index (χ1n) is 4.63. The maximum Gasteiger partial charge on any atom is 0.125 e. The fourth-order valence-electron chi connectivity index (χ4n) is 1.29. The Morgan fingerprint density at radius 3 is 3.00 bits per heavy atom. The molecule has 0 atom stereocenters. The van der Waals surface area contributed by atoms with Gasteiger partial charge in [-0.3, -0.25) is 0 Å². The summed E-state index contributed by atoms with van der Waals surface area (Å²) in [6.07, 6.45) is 2.51. The first-order chi connectivity index (χ1) is 7.70. The van der Waals surface area contributed by atoms with E-state index in [1.165, 1.54) is 22.9 Å². The van der Waals surface area contributed by atoms with E-state index in [2.05, 4.69) is 26.2 Å². The van der Waals surface area contributed by atoms with Gasteiger partial charge in [0.2, 0.25) is 0 Å². The highest BCUT2D eigenvalue weighted by Crippen LogP contribution is 2.20. The molecule has 2 rings (SSSR count). The van der Waals surface area contributed by atoms with Crippen molar-refractivity contribution in [2.45, 2.75) is 6.42 Å². The number of hydrogen-bond acceptors (Lipinski definition) is 2. The Hall–Kier alpha value is -0.940. The molecular weight excluding hydrogens is 296 g/mol. The Balaban J connectivity index is 2.38. The van der Waals surface area contributed by atoms with Gasteiger partial charge in [0.05, 0.1) is 22.6 Å². The second-order valence-corrected chi connectivity index (χ2v) is 4.39. The van der Waals surface area contributed by atoms with Crippen molar-refractivity contribution < 1.29 is 4.39 Å². The molecular formula is C10H8BrClFN3. The van der Waals surface area contributed by atoms with Crippen molar-refractivity contribution in [3.8, 4) is 5.69 Å². The summed E-state index contributed by atoms with van der Waals surface area (Å²) in [5, 5.41) is 9.11. The van der Waals surface area contributed by atoms with E-state index < -0.39 is 0 Å². The van der Waals surface area contributed by atoms with Crippen molar-refractivity contribution in [1.29, 1.82) is 0 Å². The zero-order valence-corrected chi connectivity index (χ0v) is 10.5. The first-order valence-corrected chi connectivity index (χ1v) is 6.13. The summed E-state index contributed by atoms with van der Waals surface area (Å²) in [5.74, 6) is -0.350. The van der Waals surface area contributed by atoms with Crippen LogP contribution in [0.25, 0.3) is 5.69 Å². The minimum Gasteiger partial charge on any atom is -0.219 e. The molecule has 2 aromatic rings. The zero-order chi connectivity index (χ0) is 11.5. The molecule has 84 valence electrons. The highest BCUT2D eigenvalue weighted by molar-refractivity contribution is 9.09. The zero-order valence-electron chi connectivity index (χ0n) is 8.20. The Kier molecular flexibility index (Phi) is 3.56. The minimum atomic E-state index is -0.350. The third-order valence-electron chi connectivity index (χ3n) is 2.05. The minimum absolute atomic E-state index is 0.350. The number of aromatic nitrogens is 3. The van der Waals surface area contributed by atoms with E-state index in [1.54, 1.807) is 6.20 Å². The molecule has 6 heteroatoms. The van der Waals surface area contributed by atoms with Crippen molar-refractivity contribution in [3.05, 3.63) is 40.9 Å². The van der Waals surface area contributed by atoms with E-state index in [0.29, 0.717) is 10.7 Å². The lowest BCUT2D eigenvalue weighted by Crippen LogP contribution is -1.96. The third-order valence-corrected chi connectivity index (χ3v) is 2.76. The normalized spacial score (nSPS) is 10.7. The Labute approximate surface area is 105 Å². The number of hydrogen-bond donors (Lipinski definition) is 0. The van der Waals surface area contributed by atoms with Crippen LogP contribution in [0.1, 0.15) is 5.69 Å². The second kappa shape index (κ2) is 4.93. The van der Waals surface area contributed by atoms with Crippen molar-refractivity contribution in [1.82, 2.24) is 15.0 Å². The summed E-state index contributed by atoms with van der Waals surface area (Å²) in [4.78, 5) is 0. The van der Waals surface area contributed by atoms with Crippen molar-refractivity contribution in [2.75, 3.05) is 5.33 Å². The predicted molar refractivity (Wildman–Crippen MR) is 63.8 cm³/mol. The highest BCUT2D eigenvalue weighted by atomic mass is 79.9. The second-order valence-electron chi connectivity index (χ2n) is 3.19. The quantitative estimate of drug-likeness (QED) is 0.816. The molecule has 1 aromatic carbocycles. The van der Waals surface area contributed by atoms with E-state index in [1.807, 2.05) is 0 Å². The summed E-state index contributed by atoms with van der Waals surface area (Å²) in [7, 11) is 0. The summed E-state index contributed by atoms with van der Waals surface area (Å²) in [5.41, 5.74) is 1.33. The largest absolute Gasteiger partial charge is 0.219 e. The van der Waals surface area contributed by atoms with Crippen LogP contribution < -0.4 is 0 Å². The van der Waals surface area contributed by atoms with Crippen LogP contribution in [0, 0.1) is 5.82 Å². The van der Waals surface area contributed by atoms with Crippen LogP contribution in [-0.2, 0) is 6.42 Å². The number of alkyl halides is 1. The summed E-state index contributed by atoms with van der Waals surface area (Å²) in [6, 6.07) is 4.13. The Bertz CT molecular complexity index is 501. The van der Waals surface area contributed by atoms with Crippen LogP contribution in [0.4, 0.5) is 4.39 Å². The SMILES string of the molecule is Fc1ccc(Cl)c(-n2cc(CCBr)nn2)c1. The molecule has 16 heavy (non-hydrogen) atoms. The van der Waals surface area contributed by atoms with Gasteiger partial charge in [-0.1, -0.05) is 32.7 Å². The van der Waals surface area contributed by atoms with Crippen molar-refractivity contribution >= 4 is 27.5 Å². The van der Waals surface area contributed by atoms with E-state index >= 15 is 0 Å². The molecule has 0 spiro atoms. The van der Waals surface area contributed by atoms with Crippen LogP contribution in [0.3, 0.4) is 0 Å². The van der Waals surface area contributed by atoms with Crippen molar-refractivity contribution in [2.24, 2.45) is 0 Å². The number of rotatable bonds is 3. The fourth-order valence-corrected chi connectivity index (χ4v) is 1.90. The van der Waals surface area contributed by atoms with Gasteiger partial charge < -0.3 is 0 Å². The molecule has 1 heterocycles. The lowest BCUT2D eigenvalue weighted by atomic mass is 10.3. The number of nitrogens with zero attached hydrogens (tertiary/aromatic N) is 3. The molecule has 0 radical (unpaired) electrons. The lowest BCUT2D eigenvalue weighted by molar-refractivity contribution is 0.625. The Morgan fingerprint density at radius 2 is 2.25 bits per heavy atom. The molecule has 0 amide bonds. The van der Waals surface area contributed by atoms with Gasteiger partial charge in [-0.2, -0.15) is 0 Å². The molecule has 0 unspecified atom stereocenters. The monoisotopic (exact) mass is 303 g/mol. The molecule has 3 nitrogen and oxygen atoms in total. The van der Waals surface area contributed by atoms with E-state index in [0.717, 1.165) is 17.4 Å². The molecule has 0 aliphatic carbocycles. The summed E-state index contributed by atoms with van der Waals surface area (Å²) < 4.78 is 14.5. The van der Waals surface area contributed by atoms with E-state index in [-0.39, 0.29) is 5.82 Å². The highest BCUT2D eigenvalue weighted by Gasteiger charge is 2.07. The van der Waals surface area contributed by atoms with Gasteiger partial charge in [-0.15, -0.1) is 5.10 Å². The summed E-state index contributed by atoms with van der Waals surface area (Å²) >= 11 is 9.27. The molecule has 1 aromatic heterocycles. The van der Waals surface area contributed by atoms with Crippen LogP contribution in [0.5, 0.6) is 0 Å². The van der Waals surface area contributed by atoms with Crippen LogP contribution in [0.15, 0.2) is 24.4 Å². The number of aryl methyl sites for hydroxylation is 1. The van der Waals surface area contributed by atoms with E-state index in [4.69, 9.17) is 11.6 Å². The molecule has 0 aliphatic heterocycles. The van der Waals surface area contributed by atoms with Crippen LogP contribution in [-0.4, -0.2) is 20.3 Å². The first kappa shape index (κ1) is 11.5. The summed E-state index contributed by atoms with van der Waals surface area (Å²) in [6.45, 7) is 0. The van der Waals surface area contributed by atoms with Gasteiger partial charge >= 0.3 is 0 Å².